The van der Waals surface area contributed by atoms with Crippen LogP contribution in [0, 0.1) is 5.92 Å². The second kappa shape index (κ2) is 4.93. The van der Waals surface area contributed by atoms with Gasteiger partial charge in [0.2, 0.25) is 0 Å². The zero-order valence-electron chi connectivity index (χ0n) is 11.4. The molecule has 1 aromatic carbocycles. The number of fused-ring (bicyclic) bond motifs is 3. The molecule has 2 unspecified atom stereocenters. The van der Waals surface area contributed by atoms with Gasteiger partial charge in [0.15, 0.2) is 5.11 Å². The van der Waals surface area contributed by atoms with Crippen molar-refractivity contribution in [3.63, 3.8) is 0 Å². The summed E-state index contributed by atoms with van der Waals surface area (Å²) >= 11 is 6.98. The molecule has 3 nitrogen and oxygen atoms in total. The molecule has 2 N–H and O–H groups in total. The fraction of sp³-hybridized carbons (Fsp3) is 0.250. The molecule has 0 saturated carbocycles. The van der Waals surface area contributed by atoms with Gasteiger partial charge in [0.25, 0.3) is 0 Å². The van der Waals surface area contributed by atoms with E-state index < -0.39 is 0 Å². The molecule has 1 aliphatic carbocycles. The third-order valence-corrected chi connectivity index (χ3v) is 5.42. The van der Waals surface area contributed by atoms with Crippen molar-refractivity contribution in [2.45, 2.75) is 18.9 Å². The number of rotatable bonds is 1. The molecule has 0 spiro atoms. The highest BCUT2D eigenvalue weighted by molar-refractivity contribution is 7.80. The molecule has 0 bridgehead atoms. The first-order chi connectivity index (χ1) is 10.3. The summed E-state index contributed by atoms with van der Waals surface area (Å²) in [7, 11) is 0. The Labute approximate surface area is 133 Å². The van der Waals surface area contributed by atoms with Gasteiger partial charge >= 0.3 is 0 Å². The van der Waals surface area contributed by atoms with Crippen LogP contribution in [0.15, 0.2) is 46.9 Å². The zero-order valence-corrected chi connectivity index (χ0v) is 13.0. The van der Waals surface area contributed by atoms with Crippen molar-refractivity contribution < 1.29 is 0 Å². The van der Waals surface area contributed by atoms with Gasteiger partial charge in [0.05, 0.1) is 11.8 Å². The molecular weight excluding hydrogens is 298 g/mol. The SMILES string of the molecule is NC(=S)N1N=C2c3ccccc3CCC2C1c1cccs1. The first kappa shape index (κ1) is 13.0. The van der Waals surface area contributed by atoms with E-state index in [1.54, 1.807) is 11.3 Å². The van der Waals surface area contributed by atoms with Crippen LogP contribution in [0.4, 0.5) is 0 Å². The summed E-state index contributed by atoms with van der Waals surface area (Å²) in [6.07, 6.45) is 2.18. The van der Waals surface area contributed by atoms with Crippen LogP contribution in [0.5, 0.6) is 0 Å². The number of hydrogen-bond acceptors (Lipinski definition) is 3. The minimum absolute atomic E-state index is 0.158. The summed E-state index contributed by atoms with van der Waals surface area (Å²) < 4.78 is 0. The Morgan fingerprint density at radius 1 is 1.29 bits per heavy atom. The summed E-state index contributed by atoms with van der Waals surface area (Å²) in [5.41, 5.74) is 9.70. The average Bonchev–Trinajstić information content (AvgIpc) is 3.13. The fourth-order valence-electron chi connectivity index (χ4n) is 3.38. The van der Waals surface area contributed by atoms with Crippen molar-refractivity contribution in [1.29, 1.82) is 0 Å². The summed E-state index contributed by atoms with van der Waals surface area (Å²) in [6.45, 7) is 0. The second-order valence-electron chi connectivity index (χ2n) is 5.43. The Balaban J connectivity index is 1.83. The Kier molecular flexibility index (Phi) is 3.05. The summed E-state index contributed by atoms with van der Waals surface area (Å²) in [4.78, 5) is 1.28. The first-order valence-corrected chi connectivity index (χ1v) is 8.33. The lowest BCUT2D eigenvalue weighted by Crippen LogP contribution is -2.34. The molecule has 1 aliphatic heterocycles. The van der Waals surface area contributed by atoms with E-state index in [0.29, 0.717) is 11.0 Å². The Bertz CT molecular complexity index is 721. The molecule has 0 saturated heterocycles. The topological polar surface area (TPSA) is 41.6 Å². The van der Waals surface area contributed by atoms with Crippen molar-refractivity contribution >= 4 is 34.4 Å². The van der Waals surface area contributed by atoms with Crippen LogP contribution >= 0.6 is 23.6 Å². The highest BCUT2D eigenvalue weighted by atomic mass is 32.1. The Morgan fingerprint density at radius 3 is 2.90 bits per heavy atom. The highest BCUT2D eigenvalue weighted by Crippen LogP contribution is 2.44. The van der Waals surface area contributed by atoms with Crippen LogP contribution in [0.25, 0.3) is 0 Å². The number of benzene rings is 1. The lowest BCUT2D eigenvalue weighted by atomic mass is 9.79. The molecule has 0 fully saturated rings. The molecule has 2 heterocycles. The molecule has 2 aromatic rings. The molecule has 5 heteroatoms. The van der Waals surface area contributed by atoms with Crippen molar-refractivity contribution in [2.75, 3.05) is 0 Å². The molecule has 21 heavy (non-hydrogen) atoms. The summed E-state index contributed by atoms with van der Waals surface area (Å²) in [6, 6.07) is 12.9. The van der Waals surface area contributed by atoms with Gasteiger partial charge in [-0.2, -0.15) is 5.10 Å². The van der Waals surface area contributed by atoms with E-state index in [-0.39, 0.29) is 6.04 Å². The number of thiocarbonyl (C=S) groups is 1. The Morgan fingerprint density at radius 2 is 2.14 bits per heavy atom. The maximum atomic E-state index is 5.92. The number of nitrogens with two attached hydrogens (primary N) is 1. The van der Waals surface area contributed by atoms with E-state index in [1.165, 1.54) is 16.0 Å². The van der Waals surface area contributed by atoms with Crippen LogP contribution in [0.1, 0.15) is 28.5 Å². The number of nitrogens with zero attached hydrogens (tertiary/aromatic N) is 2. The van der Waals surface area contributed by atoms with Gasteiger partial charge in [0.1, 0.15) is 0 Å². The number of aryl methyl sites for hydroxylation is 1. The molecule has 2 atom stereocenters. The van der Waals surface area contributed by atoms with Crippen molar-refractivity contribution in [3.05, 3.63) is 57.8 Å². The lowest BCUT2D eigenvalue weighted by molar-refractivity contribution is 0.314. The molecule has 0 amide bonds. The normalized spacial score (nSPS) is 23.4. The molecule has 1 aromatic heterocycles. The second-order valence-corrected chi connectivity index (χ2v) is 6.83. The average molecular weight is 313 g/mol. The van der Waals surface area contributed by atoms with Crippen LogP contribution in [0.2, 0.25) is 0 Å². The van der Waals surface area contributed by atoms with Crippen LogP contribution in [-0.2, 0) is 6.42 Å². The standard InChI is InChI=1S/C16H15N3S2/c17-16(20)19-15(13-6-3-9-21-13)12-8-7-10-4-1-2-5-11(10)14(12)18-19/h1-6,9,12,15H,7-8H2,(H2,17,20). The molecular formula is C16H15N3S2. The predicted molar refractivity (Wildman–Crippen MR) is 90.5 cm³/mol. The predicted octanol–water partition coefficient (Wildman–Crippen LogP) is 3.32. The van der Waals surface area contributed by atoms with Gasteiger partial charge in [-0.1, -0.05) is 30.3 Å². The van der Waals surface area contributed by atoms with Crippen LogP contribution in [0.3, 0.4) is 0 Å². The van der Waals surface area contributed by atoms with Crippen molar-refractivity contribution in [3.8, 4) is 0 Å². The maximum absolute atomic E-state index is 5.92. The van der Waals surface area contributed by atoms with Gasteiger partial charge in [-0.15, -0.1) is 11.3 Å². The van der Waals surface area contributed by atoms with Gasteiger partial charge in [-0.25, -0.2) is 5.01 Å². The summed E-state index contributed by atoms with van der Waals surface area (Å²) in [5.74, 6) is 0.375. The number of hydrogen-bond donors (Lipinski definition) is 1. The first-order valence-electron chi connectivity index (χ1n) is 7.04. The number of thiophene rings is 1. The van der Waals surface area contributed by atoms with Gasteiger partial charge in [0, 0.05) is 16.4 Å². The van der Waals surface area contributed by atoms with Crippen molar-refractivity contribution in [2.24, 2.45) is 16.8 Å². The monoisotopic (exact) mass is 313 g/mol. The largest absolute Gasteiger partial charge is 0.375 e. The van der Waals surface area contributed by atoms with E-state index in [4.69, 9.17) is 23.1 Å². The molecule has 4 rings (SSSR count). The molecule has 106 valence electrons. The lowest BCUT2D eigenvalue weighted by Gasteiger charge is -2.28. The van der Waals surface area contributed by atoms with Gasteiger partial charge in [-0.3, -0.25) is 0 Å². The van der Waals surface area contributed by atoms with E-state index in [9.17, 15) is 0 Å². The quantitative estimate of drug-likeness (QED) is 0.821. The van der Waals surface area contributed by atoms with Gasteiger partial charge < -0.3 is 5.73 Å². The smallest absolute Gasteiger partial charge is 0.187 e. The zero-order chi connectivity index (χ0) is 14.4. The van der Waals surface area contributed by atoms with E-state index in [1.807, 2.05) is 5.01 Å². The van der Waals surface area contributed by atoms with E-state index >= 15 is 0 Å². The third-order valence-electron chi connectivity index (χ3n) is 4.29. The van der Waals surface area contributed by atoms with E-state index in [2.05, 4.69) is 41.8 Å². The molecule has 2 aliphatic rings. The Hall–Kier alpha value is -1.72. The summed E-state index contributed by atoms with van der Waals surface area (Å²) in [5, 5.41) is 9.07. The van der Waals surface area contributed by atoms with Crippen LogP contribution in [-0.4, -0.2) is 15.8 Å². The van der Waals surface area contributed by atoms with Crippen LogP contribution < -0.4 is 5.73 Å². The fourth-order valence-corrected chi connectivity index (χ4v) is 4.41. The highest BCUT2D eigenvalue weighted by Gasteiger charge is 2.42. The van der Waals surface area contributed by atoms with Gasteiger partial charge in [-0.05, 0) is 42.1 Å². The number of hydrazone groups is 1. The van der Waals surface area contributed by atoms with E-state index in [0.717, 1.165) is 18.6 Å². The minimum atomic E-state index is 0.158. The third kappa shape index (κ3) is 2.00. The maximum Gasteiger partial charge on any atom is 0.187 e. The molecule has 0 radical (unpaired) electrons. The minimum Gasteiger partial charge on any atom is -0.375 e. The van der Waals surface area contributed by atoms with Crippen molar-refractivity contribution in [1.82, 2.24) is 5.01 Å².